The highest BCUT2D eigenvalue weighted by molar-refractivity contribution is 6.76. The van der Waals surface area contributed by atoms with Crippen LogP contribution in [0.15, 0.2) is 30.7 Å². The standard InChI is InChI=1S/C18H24F3N3O2Si/c1-13(14-5-7-22-8-6-14)15-11-24(12-26-9-10-27(2,3)4)17(23-15)16(25)18(19,20)21/h5-8,11,13H,9-10,12H2,1-4H3. The minimum atomic E-state index is -4.99. The third-order valence-corrected chi connectivity index (χ3v) is 5.84. The van der Waals surface area contributed by atoms with E-state index in [4.69, 9.17) is 4.74 Å². The molecule has 1 atom stereocenters. The Labute approximate surface area is 157 Å². The average Bonchev–Trinajstić information content (AvgIpc) is 3.00. The number of pyridine rings is 1. The fourth-order valence-electron chi connectivity index (χ4n) is 2.42. The lowest BCUT2D eigenvalue weighted by Crippen LogP contribution is -2.27. The molecule has 148 valence electrons. The zero-order chi connectivity index (χ0) is 20.2. The highest BCUT2D eigenvalue weighted by atomic mass is 28.3. The van der Waals surface area contributed by atoms with Gasteiger partial charge in [-0.15, -0.1) is 0 Å². The van der Waals surface area contributed by atoms with Crippen LogP contribution in [0.5, 0.6) is 0 Å². The van der Waals surface area contributed by atoms with Gasteiger partial charge in [-0.25, -0.2) is 4.98 Å². The van der Waals surface area contributed by atoms with Gasteiger partial charge in [0.15, 0.2) is 5.82 Å². The van der Waals surface area contributed by atoms with Crippen molar-refractivity contribution in [3.05, 3.63) is 47.8 Å². The zero-order valence-electron chi connectivity index (χ0n) is 15.9. The average molecular weight is 399 g/mol. The second kappa shape index (κ2) is 8.35. The lowest BCUT2D eigenvalue weighted by Gasteiger charge is -2.16. The topological polar surface area (TPSA) is 57.0 Å². The maximum absolute atomic E-state index is 12.9. The summed E-state index contributed by atoms with van der Waals surface area (Å²) in [5.74, 6) is -2.90. The van der Waals surface area contributed by atoms with E-state index in [0.29, 0.717) is 12.3 Å². The Kier molecular flexibility index (Phi) is 6.58. The Balaban J connectivity index is 2.25. The maximum atomic E-state index is 12.9. The minimum Gasteiger partial charge on any atom is -0.361 e. The van der Waals surface area contributed by atoms with Gasteiger partial charge in [0.25, 0.3) is 0 Å². The second-order valence-electron chi connectivity index (χ2n) is 7.64. The molecule has 0 aliphatic heterocycles. The lowest BCUT2D eigenvalue weighted by molar-refractivity contribution is -0.0897. The first-order valence-corrected chi connectivity index (χ1v) is 12.4. The van der Waals surface area contributed by atoms with Gasteiger partial charge in [-0.05, 0) is 23.7 Å². The SMILES string of the molecule is CC(c1ccncc1)c1cn(COCC[Si](C)(C)C)c(C(=O)C(F)(F)F)n1. The molecule has 0 aliphatic rings. The molecule has 9 heteroatoms. The molecule has 0 radical (unpaired) electrons. The summed E-state index contributed by atoms with van der Waals surface area (Å²) in [4.78, 5) is 19.7. The zero-order valence-corrected chi connectivity index (χ0v) is 16.9. The number of hydrogen-bond donors (Lipinski definition) is 0. The Morgan fingerprint density at radius 3 is 2.44 bits per heavy atom. The number of carbonyl (C=O) groups is 1. The summed E-state index contributed by atoms with van der Waals surface area (Å²) in [6.45, 7) is 8.65. The molecule has 0 spiro atoms. The number of rotatable bonds is 8. The number of halogens is 3. The van der Waals surface area contributed by atoms with Crippen LogP contribution in [-0.4, -0.2) is 41.2 Å². The summed E-state index contributed by atoms with van der Waals surface area (Å²) in [5.41, 5.74) is 1.22. The molecular formula is C18H24F3N3O2Si. The highest BCUT2D eigenvalue weighted by Crippen LogP contribution is 2.26. The predicted molar refractivity (Wildman–Crippen MR) is 98.5 cm³/mol. The summed E-state index contributed by atoms with van der Waals surface area (Å²) in [6, 6.07) is 4.41. The van der Waals surface area contributed by atoms with Crippen molar-refractivity contribution < 1.29 is 22.7 Å². The molecule has 2 aromatic rings. The molecule has 0 amide bonds. The van der Waals surface area contributed by atoms with Crippen molar-refractivity contribution in [2.24, 2.45) is 0 Å². The summed E-state index contributed by atoms with van der Waals surface area (Å²) in [5, 5.41) is 0. The molecule has 0 aliphatic carbocycles. The van der Waals surface area contributed by atoms with Crippen LogP contribution in [0.4, 0.5) is 13.2 Å². The Morgan fingerprint density at radius 1 is 1.26 bits per heavy atom. The first kappa shape index (κ1) is 21.3. The number of ketones is 1. The molecule has 2 heterocycles. The van der Waals surface area contributed by atoms with Gasteiger partial charge in [0.2, 0.25) is 0 Å². The Morgan fingerprint density at radius 2 is 1.89 bits per heavy atom. The number of aromatic nitrogens is 3. The fraction of sp³-hybridized carbons (Fsp3) is 0.500. The van der Waals surface area contributed by atoms with E-state index in [1.807, 2.05) is 6.92 Å². The van der Waals surface area contributed by atoms with Gasteiger partial charge >= 0.3 is 12.0 Å². The largest absolute Gasteiger partial charge is 0.458 e. The van der Waals surface area contributed by atoms with Crippen molar-refractivity contribution in [3.63, 3.8) is 0 Å². The van der Waals surface area contributed by atoms with Gasteiger partial charge in [-0.3, -0.25) is 9.78 Å². The van der Waals surface area contributed by atoms with E-state index in [0.717, 1.165) is 16.2 Å². The number of hydrogen-bond acceptors (Lipinski definition) is 4. The molecule has 1 unspecified atom stereocenters. The van der Waals surface area contributed by atoms with Crippen molar-refractivity contribution in [2.45, 2.75) is 51.4 Å². The molecular weight excluding hydrogens is 375 g/mol. The number of Topliss-reactive ketones (excluding diaryl/α,β-unsaturated/α-hetero) is 1. The van der Waals surface area contributed by atoms with Gasteiger partial charge in [-0.2, -0.15) is 13.2 Å². The third-order valence-electron chi connectivity index (χ3n) is 4.13. The first-order chi connectivity index (χ1) is 12.5. The Hall–Kier alpha value is -2.00. The molecule has 0 saturated carbocycles. The summed E-state index contributed by atoms with van der Waals surface area (Å²) >= 11 is 0. The number of nitrogens with zero attached hydrogens (tertiary/aromatic N) is 3. The van der Waals surface area contributed by atoms with Crippen LogP contribution in [0.2, 0.25) is 25.7 Å². The third kappa shape index (κ3) is 6.00. The number of ether oxygens (including phenoxy) is 1. The number of carbonyl (C=O) groups excluding carboxylic acids is 1. The fourth-order valence-corrected chi connectivity index (χ4v) is 3.17. The quantitative estimate of drug-likeness (QED) is 0.373. The van der Waals surface area contributed by atoms with E-state index in [-0.39, 0.29) is 12.6 Å². The predicted octanol–water partition coefficient (Wildman–Crippen LogP) is 4.49. The van der Waals surface area contributed by atoms with Crippen LogP contribution in [0, 0.1) is 0 Å². The van der Waals surface area contributed by atoms with Gasteiger partial charge < -0.3 is 9.30 Å². The number of imidazole rings is 1. The highest BCUT2D eigenvalue weighted by Gasteiger charge is 2.42. The molecule has 0 N–H and O–H groups in total. The summed E-state index contributed by atoms with van der Waals surface area (Å²) in [6.07, 6.45) is -0.328. The Bertz CT molecular complexity index is 770. The van der Waals surface area contributed by atoms with Crippen LogP contribution in [0.25, 0.3) is 0 Å². The van der Waals surface area contributed by atoms with Crippen LogP contribution in [-0.2, 0) is 11.5 Å². The van der Waals surface area contributed by atoms with E-state index in [1.165, 1.54) is 6.20 Å². The van der Waals surface area contributed by atoms with Gasteiger partial charge in [0, 0.05) is 39.2 Å². The van der Waals surface area contributed by atoms with E-state index in [1.54, 1.807) is 24.5 Å². The summed E-state index contributed by atoms with van der Waals surface area (Å²) in [7, 11) is -1.32. The molecule has 0 fully saturated rings. The maximum Gasteiger partial charge on any atom is 0.458 e. The monoisotopic (exact) mass is 399 g/mol. The van der Waals surface area contributed by atoms with Crippen molar-refractivity contribution in [2.75, 3.05) is 6.61 Å². The van der Waals surface area contributed by atoms with Crippen molar-refractivity contribution in [1.82, 2.24) is 14.5 Å². The molecule has 27 heavy (non-hydrogen) atoms. The normalized spacial score (nSPS) is 13.6. The van der Waals surface area contributed by atoms with Gasteiger partial charge in [0.05, 0.1) is 5.69 Å². The molecule has 2 rings (SSSR count). The molecule has 0 saturated heterocycles. The molecule has 5 nitrogen and oxygen atoms in total. The van der Waals surface area contributed by atoms with Crippen LogP contribution >= 0.6 is 0 Å². The van der Waals surface area contributed by atoms with Crippen LogP contribution in [0.1, 0.15) is 34.7 Å². The van der Waals surface area contributed by atoms with Crippen molar-refractivity contribution in [1.29, 1.82) is 0 Å². The van der Waals surface area contributed by atoms with E-state index < -0.39 is 25.9 Å². The molecule has 0 aromatic carbocycles. The summed E-state index contributed by atoms with van der Waals surface area (Å²) < 4.78 is 45.5. The van der Waals surface area contributed by atoms with Crippen LogP contribution in [0.3, 0.4) is 0 Å². The van der Waals surface area contributed by atoms with E-state index >= 15 is 0 Å². The van der Waals surface area contributed by atoms with Crippen molar-refractivity contribution >= 4 is 13.9 Å². The second-order valence-corrected chi connectivity index (χ2v) is 13.3. The van der Waals surface area contributed by atoms with E-state index in [9.17, 15) is 18.0 Å². The first-order valence-electron chi connectivity index (χ1n) is 8.65. The lowest BCUT2D eigenvalue weighted by atomic mass is 10.00. The van der Waals surface area contributed by atoms with Crippen molar-refractivity contribution in [3.8, 4) is 0 Å². The smallest absolute Gasteiger partial charge is 0.361 e. The van der Waals surface area contributed by atoms with Gasteiger partial charge in [-0.1, -0.05) is 26.6 Å². The molecule has 0 bridgehead atoms. The minimum absolute atomic E-state index is 0.141. The molecule has 2 aromatic heterocycles. The number of alkyl halides is 3. The van der Waals surface area contributed by atoms with E-state index in [2.05, 4.69) is 29.6 Å². The van der Waals surface area contributed by atoms with Crippen LogP contribution < -0.4 is 0 Å². The van der Waals surface area contributed by atoms with Gasteiger partial charge in [0.1, 0.15) is 6.73 Å².